The lowest BCUT2D eigenvalue weighted by Crippen LogP contribution is -2.37. The standard InChI is InChI=1S/C20H26N4O3/c1-4-26-10-11-27-16-7-5-6-15(12-16)20(25)24-9-8-17-18(13-24)21-14-22-19(17)23(2)3/h5-7,12,14H,4,8-11,13H2,1-3H3. The molecule has 3 rings (SSSR count). The van der Waals surface area contributed by atoms with Crippen molar-refractivity contribution in [2.24, 2.45) is 0 Å². The highest BCUT2D eigenvalue weighted by molar-refractivity contribution is 5.94. The van der Waals surface area contributed by atoms with Gasteiger partial charge < -0.3 is 19.3 Å². The molecule has 1 aromatic carbocycles. The molecule has 0 spiro atoms. The zero-order valence-electron chi connectivity index (χ0n) is 16.1. The van der Waals surface area contributed by atoms with Gasteiger partial charge in [-0.2, -0.15) is 0 Å². The molecule has 0 saturated carbocycles. The Balaban J connectivity index is 1.69. The van der Waals surface area contributed by atoms with Gasteiger partial charge in [0.15, 0.2) is 0 Å². The van der Waals surface area contributed by atoms with Crippen molar-refractivity contribution in [2.45, 2.75) is 19.9 Å². The van der Waals surface area contributed by atoms with E-state index in [9.17, 15) is 4.79 Å². The number of amides is 1. The molecule has 0 radical (unpaired) electrons. The van der Waals surface area contributed by atoms with Gasteiger partial charge in [0.05, 0.1) is 18.8 Å². The molecule has 1 amide bonds. The second-order valence-electron chi connectivity index (χ2n) is 6.57. The third-order valence-electron chi connectivity index (χ3n) is 4.48. The van der Waals surface area contributed by atoms with Crippen molar-refractivity contribution in [3.05, 3.63) is 47.4 Å². The van der Waals surface area contributed by atoms with Crippen LogP contribution in [0, 0.1) is 0 Å². The van der Waals surface area contributed by atoms with E-state index in [1.165, 1.54) is 0 Å². The first-order valence-corrected chi connectivity index (χ1v) is 9.20. The molecule has 7 nitrogen and oxygen atoms in total. The lowest BCUT2D eigenvalue weighted by molar-refractivity contribution is 0.0731. The van der Waals surface area contributed by atoms with Crippen LogP contribution < -0.4 is 9.64 Å². The topological polar surface area (TPSA) is 67.8 Å². The van der Waals surface area contributed by atoms with Gasteiger partial charge in [-0.15, -0.1) is 0 Å². The number of ether oxygens (including phenoxy) is 2. The zero-order chi connectivity index (χ0) is 19.2. The Morgan fingerprint density at radius 2 is 2.11 bits per heavy atom. The predicted octanol–water partition coefficient (Wildman–Crippen LogP) is 2.16. The molecular weight excluding hydrogens is 344 g/mol. The van der Waals surface area contributed by atoms with Gasteiger partial charge in [-0.1, -0.05) is 6.07 Å². The minimum atomic E-state index is -0.0130. The third-order valence-corrected chi connectivity index (χ3v) is 4.48. The first-order chi connectivity index (χ1) is 13.1. The van der Waals surface area contributed by atoms with Gasteiger partial charge in [0.25, 0.3) is 5.91 Å². The van der Waals surface area contributed by atoms with Crippen LogP contribution in [0.4, 0.5) is 5.82 Å². The fourth-order valence-electron chi connectivity index (χ4n) is 3.16. The highest BCUT2D eigenvalue weighted by Crippen LogP contribution is 2.25. The molecule has 1 aliphatic heterocycles. The van der Waals surface area contributed by atoms with E-state index in [-0.39, 0.29) is 5.91 Å². The molecule has 27 heavy (non-hydrogen) atoms. The first-order valence-electron chi connectivity index (χ1n) is 9.20. The summed E-state index contributed by atoms with van der Waals surface area (Å²) < 4.78 is 10.9. The monoisotopic (exact) mass is 370 g/mol. The second kappa shape index (κ2) is 8.81. The van der Waals surface area contributed by atoms with Gasteiger partial charge >= 0.3 is 0 Å². The van der Waals surface area contributed by atoms with E-state index in [1.54, 1.807) is 12.4 Å². The molecule has 0 N–H and O–H groups in total. The molecule has 0 unspecified atom stereocenters. The molecule has 0 atom stereocenters. The SMILES string of the molecule is CCOCCOc1cccc(C(=O)N2CCc3c(ncnc3N(C)C)C2)c1. The Hall–Kier alpha value is -2.67. The van der Waals surface area contributed by atoms with Crippen molar-refractivity contribution in [2.75, 3.05) is 45.4 Å². The van der Waals surface area contributed by atoms with E-state index < -0.39 is 0 Å². The summed E-state index contributed by atoms with van der Waals surface area (Å²) in [7, 11) is 3.94. The molecule has 1 aliphatic rings. The summed E-state index contributed by atoms with van der Waals surface area (Å²) in [5.41, 5.74) is 2.66. The smallest absolute Gasteiger partial charge is 0.254 e. The lowest BCUT2D eigenvalue weighted by atomic mass is 10.0. The molecule has 7 heteroatoms. The number of carbonyl (C=O) groups excluding carboxylic acids is 1. The second-order valence-corrected chi connectivity index (χ2v) is 6.57. The van der Waals surface area contributed by atoms with Crippen molar-refractivity contribution in [3.8, 4) is 5.75 Å². The molecule has 0 fully saturated rings. The third kappa shape index (κ3) is 4.54. The van der Waals surface area contributed by atoms with Crippen LogP contribution >= 0.6 is 0 Å². The molecule has 0 saturated heterocycles. The fourth-order valence-corrected chi connectivity index (χ4v) is 3.16. The quantitative estimate of drug-likeness (QED) is 0.696. The number of fused-ring (bicyclic) bond motifs is 1. The summed E-state index contributed by atoms with van der Waals surface area (Å²) in [5, 5.41) is 0. The van der Waals surface area contributed by atoms with E-state index in [4.69, 9.17) is 9.47 Å². The van der Waals surface area contributed by atoms with Gasteiger partial charge in [0, 0.05) is 38.4 Å². The van der Waals surface area contributed by atoms with Crippen molar-refractivity contribution in [1.29, 1.82) is 0 Å². The Kier molecular flexibility index (Phi) is 6.24. The van der Waals surface area contributed by atoms with E-state index in [0.717, 1.165) is 23.5 Å². The number of nitrogens with zero attached hydrogens (tertiary/aromatic N) is 4. The summed E-state index contributed by atoms with van der Waals surface area (Å²) in [6.45, 7) is 4.75. The fraction of sp³-hybridized carbons (Fsp3) is 0.450. The number of hydrogen-bond donors (Lipinski definition) is 0. The number of hydrogen-bond acceptors (Lipinski definition) is 6. The van der Waals surface area contributed by atoms with Gasteiger partial charge in [-0.05, 0) is 31.5 Å². The Morgan fingerprint density at radius 3 is 2.89 bits per heavy atom. The van der Waals surface area contributed by atoms with E-state index in [0.29, 0.717) is 44.2 Å². The Morgan fingerprint density at radius 1 is 1.26 bits per heavy atom. The summed E-state index contributed by atoms with van der Waals surface area (Å²) in [6, 6.07) is 7.30. The van der Waals surface area contributed by atoms with Crippen molar-refractivity contribution < 1.29 is 14.3 Å². The van der Waals surface area contributed by atoms with Gasteiger partial charge in [0.2, 0.25) is 0 Å². The molecule has 2 aromatic rings. The number of rotatable bonds is 7. The summed E-state index contributed by atoms with van der Waals surface area (Å²) in [6.07, 6.45) is 2.31. The molecule has 0 bridgehead atoms. The van der Waals surface area contributed by atoms with Crippen molar-refractivity contribution in [1.82, 2.24) is 14.9 Å². The summed E-state index contributed by atoms with van der Waals surface area (Å²) >= 11 is 0. The number of aromatic nitrogens is 2. The lowest BCUT2D eigenvalue weighted by Gasteiger charge is -2.30. The Labute approximate surface area is 159 Å². The van der Waals surface area contributed by atoms with Crippen molar-refractivity contribution >= 4 is 11.7 Å². The normalized spacial score (nSPS) is 13.2. The minimum absolute atomic E-state index is 0.0130. The molecule has 144 valence electrons. The average molecular weight is 370 g/mol. The molecule has 1 aromatic heterocycles. The number of carbonyl (C=O) groups is 1. The van der Waals surface area contributed by atoms with E-state index >= 15 is 0 Å². The summed E-state index contributed by atoms with van der Waals surface area (Å²) in [4.78, 5) is 25.5. The molecule has 0 aliphatic carbocycles. The van der Waals surface area contributed by atoms with Crippen molar-refractivity contribution in [3.63, 3.8) is 0 Å². The number of benzene rings is 1. The highest BCUT2D eigenvalue weighted by atomic mass is 16.5. The van der Waals surface area contributed by atoms with Crippen LogP contribution in [0.1, 0.15) is 28.5 Å². The first kappa shape index (κ1) is 19.1. The minimum Gasteiger partial charge on any atom is -0.491 e. The predicted molar refractivity (Wildman–Crippen MR) is 103 cm³/mol. The van der Waals surface area contributed by atoms with Crippen LogP contribution in [-0.4, -0.2) is 61.2 Å². The Bertz CT molecular complexity index is 795. The van der Waals surface area contributed by atoms with Crippen LogP contribution in [0.25, 0.3) is 0 Å². The van der Waals surface area contributed by atoms with Crippen LogP contribution in [-0.2, 0) is 17.7 Å². The zero-order valence-corrected chi connectivity index (χ0v) is 16.1. The molecule has 2 heterocycles. The van der Waals surface area contributed by atoms with Crippen LogP contribution in [0.5, 0.6) is 5.75 Å². The van der Waals surface area contributed by atoms with Crippen LogP contribution in [0.2, 0.25) is 0 Å². The maximum Gasteiger partial charge on any atom is 0.254 e. The summed E-state index contributed by atoms with van der Waals surface area (Å²) in [5.74, 6) is 1.59. The van der Waals surface area contributed by atoms with E-state index in [1.807, 2.05) is 49.0 Å². The number of anilines is 1. The van der Waals surface area contributed by atoms with Crippen LogP contribution in [0.3, 0.4) is 0 Å². The van der Waals surface area contributed by atoms with Gasteiger partial charge in [0.1, 0.15) is 24.5 Å². The van der Waals surface area contributed by atoms with Crippen LogP contribution in [0.15, 0.2) is 30.6 Å². The average Bonchev–Trinajstić information content (AvgIpc) is 2.70. The largest absolute Gasteiger partial charge is 0.491 e. The van der Waals surface area contributed by atoms with E-state index in [2.05, 4.69) is 9.97 Å². The van der Waals surface area contributed by atoms with Gasteiger partial charge in [-0.25, -0.2) is 9.97 Å². The van der Waals surface area contributed by atoms with Gasteiger partial charge in [-0.3, -0.25) is 4.79 Å². The maximum atomic E-state index is 12.9. The highest BCUT2D eigenvalue weighted by Gasteiger charge is 2.25. The maximum absolute atomic E-state index is 12.9. The molecular formula is C20H26N4O3.